The molecule has 0 aliphatic rings. The fourth-order valence-electron chi connectivity index (χ4n) is 1.87. The van der Waals surface area contributed by atoms with Crippen molar-refractivity contribution in [2.75, 3.05) is 20.8 Å². The maximum atomic E-state index is 10.4. The van der Waals surface area contributed by atoms with Crippen LogP contribution in [0.15, 0.2) is 30.5 Å². The largest absolute Gasteiger partial charge is 0.494 e. The van der Waals surface area contributed by atoms with Gasteiger partial charge in [0.1, 0.15) is 17.5 Å². The standard InChI is InChI=1S/C15H18N2O4/c1-4-21-11-7-5-10(6-8-11)14(18)13-15(20-3)17-12(19-2)9-16-13/h5-9,14,18H,4H2,1-3H3. The molecular formula is C15H18N2O4. The van der Waals surface area contributed by atoms with Crippen molar-refractivity contribution in [3.8, 4) is 17.5 Å². The molecule has 1 aromatic carbocycles. The van der Waals surface area contributed by atoms with E-state index in [0.29, 0.717) is 23.7 Å². The van der Waals surface area contributed by atoms with Crippen LogP contribution in [0.25, 0.3) is 0 Å². The minimum absolute atomic E-state index is 0.232. The number of aliphatic hydroxyl groups excluding tert-OH is 1. The summed E-state index contributed by atoms with van der Waals surface area (Å²) in [6.07, 6.45) is 0.504. The topological polar surface area (TPSA) is 73.7 Å². The minimum atomic E-state index is -0.936. The third-order valence-corrected chi connectivity index (χ3v) is 2.91. The monoisotopic (exact) mass is 290 g/mol. The van der Waals surface area contributed by atoms with Crippen molar-refractivity contribution in [3.05, 3.63) is 41.7 Å². The third kappa shape index (κ3) is 3.41. The first-order chi connectivity index (χ1) is 10.2. The summed E-state index contributed by atoms with van der Waals surface area (Å²) in [6.45, 7) is 2.51. The lowest BCUT2D eigenvalue weighted by Gasteiger charge is -2.14. The highest BCUT2D eigenvalue weighted by atomic mass is 16.5. The van der Waals surface area contributed by atoms with Crippen LogP contribution in [-0.2, 0) is 0 Å². The number of rotatable bonds is 6. The Balaban J connectivity index is 2.28. The van der Waals surface area contributed by atoms with Crippen molar-refractivity contribution in [1.82, 2.24) is 9.97 Å². The van der Waals surface area contributed by atoms with Gasteiger partial charge in [0.05, 0.1) is 27.0 Å². The Hall–Kier alpha value is -2.34. The molecule has 0 saturated carbocycles. The zero-order chi connectivity index (χ0) is 15.2. The zero-order valence-corrected chi connectivity index (χ0v) is 12.2. The van der Waals surface area contributed by atoms with E-state index in [-0.39, 0.29) is 5.88 Å². The lowest BCUT2D eigenvalue weighted by atomic mass is 10.1. The van der Waals surface area contributed by atoms with Gasteiger partial charge in [0.2, 0.25) is 11.8 Å². The van der Waals surface area contributed by atoms with Crippen molar-refractivity contribution in [1.29, 1.82) is 0 Å². The van der Waals surface area contributed by atoms with E-state index in [9.17, 15) is 5.11 Å². The first kappa shape index (κ1) is 15.1. The van der Waals surface area contributed by atoms with Crippen LogP contribution in [0.4, 0.5) is 0 Å². The molecule has 6 heteroatoms. The molecule has 1 atom stereocenters. The molecule has 0 fully saturated rings. The van der Waals surface area contributed by atoms with E-state index in [2.05, 4.69) is 9.97 Å². The smallest absolute Gasteiger partial charge is 0.241 e. The molecule has 6 nitrogen and oxygen atoms in total. The number of aliphatic hydroxyl groups is 1. The van der Waals surface area contributed by atoms with Crippen LogP contribution in [-0.4, -0.2) is 35.9 Å². The summed E-state index contributed by atoms with van der Waals surface area (Å²) in [5.41, 5.74) is 1.01. The fraction of sp³-hybridized carbons (Fsp3) is 0.333. The highest BCUT2D eigenvalue weighted by molar-refractivity contribution is 5.35. The molecular weight excluding hydrogens is 272 g/mol. The summed E-state index contributed by atoms with van der Waals surface area (Å²) in [4.78, 5) is 8.27. The molecule has 1 unspecified atom stereocenters. The second kappa shape index (κ2) is 6.90. The van der Waals surface area contributed by atoms with E-state index in [4.69, 9.17) is 14.2 Å². The van der Waals surface area contributed by atoms with Gasteiger partial charge in [-0.2, -0.15) is 4.98 Å². The van der Waals surface area contributed by atoms with E-state index in [0.717, 1.165) is 5.75 Å². The average molecular weight is 290 g/mol. The number of methoxy groups -OCH3 is 2. The molecule has 1 N–H and O–H groups in total. The van der Waals surface area contributed by atoms with Crippen LogP contribution < -0.4 is 14.2 Å². The van der Waals surface area contributed by atoms with E-state index in [1.807, 2.05) is 6.92 Å². The number of hydrogen-bond acceptors (Lipinski definition) is 6. The van der Waals surface area contributed by atoms with Gasteiger partial charge in [0, 0.05) is 0 Å². The summed E-state index contributed by atoms with van der Waals surface area (Å²) in [5, 5.41) is 10.4. The second-order valence-electron chi connectivity index (χ2n) is 4.21. The minimum Gasteiger partial charge on any atom is -0.494 e. The summed E-state index contributed by atoms with van der Waals surface area (Å²) >= 11 is 0. The quantitative estimate of drug-likeness (QED) is 0.877. The molecule has 0 spiro atoms. The fourth-order valence-corrected chi connectivity index (χ4v) is 1.87. The van der Waals surface area contributed by atoms with Gasteiger partial charge in [0.25, 0.3) is 0 Å². The van der Waals surface area contributed by atoms with E-state index in [1.165, 1.54) is 20.4 Å². The Morgan fingerprint density at radius 1 is 1.14 bits per heavy atom. The molecule has 1 aromatic heterocycles. The normalized spacial score (nSPS) is 11.8. The molecule has 0 aliphatic heterocycles. The predicted molar refractivity (Wildman–Crippen MR) is 76.8 cm³/mol. The Kier molecular flexibility index (Phi) is 4.94. The summed E-state index contributed by atoms with van der Waals surface area (Å²) < 4.78 is 15.5. The van der Waals surface area contributed by atoms with E-state index in [1.54, 1.807) is 24.3 Å². The van der Waals surface area contributed by atoms with Gasteiger partial charge in [-0.15, -0.1) is 0 Å². The number of nitrogens with zero attached hydrogens (tertiary/aromatic N) is 2. The Labute approximate surface area is 123 Å². The maximum Gasteiger partial charge on any atom is 0.241 e. The van der Waals surface area contributed by atoms with Crippen molar-refractivity contribution in [2.24, 2.45) is 0 Å². The van der Waals surface area contributed by atoms with Crippen LogP contribution >= 0.6 is 0 Å². The molecule has 0 saturated heterocycles. The summed E-state index contributed by atoms with van der Waals surface area (Å²) in [6, 6.07) is 7.15. The highest BCUT2D eigenvalue weighted by Gasteiger charge is 2.19. The molecule has 21 heavy (non-hydrogen) atoms. The van der Waals surface area contributed by atoms with Crippen molar-refractivity contribution in [2.45, 2.75) is 13.0 Å². The van der Waals surface area contributed by atoms with Crippen LogP contribution in [0.1, 0.15) is 24.3 Å². The predicted octanol–water partition coefficient (Wildman–Crippen LogP) is 1.97. The molecule has 2 rings (SSSR count). The van der Waals surface area contributed by atoms with Gasteiger partial charge >= 0.3 is 0 Å². The van der Waals surface area contributed by atoms with Gasteiger partial charge in [-0.3, -0.25) is 0 Å². The number of ether oxygens (including phenoxy) is 3. The molecule has 2 aromatic rings. The van der Waals surface area contributed by atoms with Crippen LogP contribution in [0.3, 0.4) is 0 Å². The SMILES string of the molecule is CCOc1ccc(C(O)c2ncc(OC)nc2OC)cc1. The van der Waals surface area contributed by atoms with Crippen LogP contribution in [0, 0.1) is 0 Å². The molecule has 112 valence electrons. The van der Waals surface area contributed by atoms with Gasteiger partial charge in [0.15, 0.2) is 0 Å². The maximum absolute atomic E-state index is 10.4. The third-order valence-electron chi connectivity index (χ3n) is 2.91. The second-order valence-corrected chi connectivity index (χ2v) is 4.21. The Morgan fingerprint density at radius 2 is 1.86 bits per heavy atom. The van der Waals surface area contributed by atoms with Crippen molar-refractivity contribution < 1.29 is 19.3 Å². The molecule has 0 aliphatic carbocycles. The average Bonchev–Trinajstić information content (AvgIpc) is 2.54. The van der Waals surface area contributed by atoms with E-state index < -0.39 is 6.10 Å². The molecule has 0 radical (unpaired) electrons. The van der Waals surface area contributed by atoms with Crippen molar-refractivity contribution >= 4 is 0 Å². The lowest BCUT2D eigenvalue weighted by Crippen LogP contribution is -2.07. The lowest BCUT2D eigenvalue weighted by molar-refractivity contribution is 0.206. The molecule has 1 heterocycles. The van der Waals surface area contributed by atoms with Crippen LogP contribution in [0.5, 0.6) is 17.5 Å². The van der Waals surface area contributed by atoms with Crippen LogP contribution in [0.2, 0.25) is 0 Å². The van der Waals surface area contributed by atoms with Gasteiger partial charge in [-0.25, -0.2) is 4.98 Å². The molecule has 0 bridgehead atoms. The summed E-state index contributed by atoms with van der Waals surface area (Å²) in [7, 11) is 2.96. The number of aromatic nitrogens is 2. The number of benzene rings is 1. The first-order valence-electron chi connectivity index (χ1n) is 6.55. The molecule has 0 amide bonds. The van der Waals surface area contributed by atoms with Gasteiger partial charge < -0.3 is 19.3 Å². The Morgan fingerprint density at radius 3 is 2.43 bits per heavy atom. The van der Waals surface area contributed by atoms with E-state index >= 15 is 0 Å². The highest BCUT2D eigenvalue weighted by Crippen LogP contribution is 2.29. The Bertz CT molecular complexity index is 587. The summed E-state index contributed by atoms with van der Waals surface area (Å²) in [5.74, 6) is 1.31. The number of hydrogen-bond donors (Lipinski definition) is 1. The van der Waals surface area contributed by atoms with Gasteiger partial charge in [-0.1, -0.05) is 12.1 Å². The van der Waals surface area contributed by atoms with Gasteiger partial charge in [-0.05, 0) is 24.6 Å². The van der Waals surface area contributed by atoms with Crippen molar-refractivity contribution in [3.63, 3.8) is 0 Å². The zero-order valence-electron chi connectivity index (χ0n) is 12.2. The first-order valence-corrected chi connectivity index (χ1v) is 6.55.